The van der Waals surface area contributed by atoms with E-state index in [0.29, 0.717) is 37.7 Å². The van der Waals surface area contributed by atoms with Crippen LogP contribution in [-0.4, -0.2) is 56.6 Å². The van der Waals surface area contributed by atoms with Gasteiger partial charge >= 0.3 is 12.1 Å². The molecule has 1 saturated heterocycles. The number of hydrogen-bond acceptors (Lipinski definition) is 6. The van der Waals surface area contributed by atoms with Gasteiger partial charge in [-0.1, -0.05) is 6.92 Å². The van der Waals surface area contributed by atoms with Crippen LogP contribution in [0.4, 0.5) is 18.9 Å². The first kappa shape index (κ1) is 27.9. The van der Waals surface area contributed by atoms with E-state index in [1.165, 1.54) is 13.2 Å². The number of carbonyl (C=O) groups is 2. The number of hydrogen-bond donors (Lipinski definition) is 0. The molecule has 1 aliphatic heterocycles. The zero-order valence-corrected chi connectivity index (χ0v) is 23.0. The SMILES string of the molecule is COC(=O)c1sc(C2(C(F)(F)F)CC2)cc1N(C(=O)[C@H]1CC[C@H](C)CC1)[C@H]1CC[C@@H](OC2CCOC2)CC1. The first-order chi connectivity index (χ1) is 18.1. The molecule has 1 atom stereocenters. The number of amides is 1. The fourth-order valence-corrected chi connectivity index (χ4v) is 7.69. The van der Waals surface area contributed by atoms with Gasteiger partial charge in [0.15, 0.2) is 0 Å². The summed E-state index contributed by atoms with van der Waals surface area (Å²) in [4.78, 5) is 28.9. The molecular weight excluding hydrogens is 519 g/mol. The van der Waals surface area contributed by atoms with Gasteiger partial charge in [0, 0.05) is 23.4 Å². The van der Waals surface area contributed by atoms with Crippen molar-refractivity contribution >= 4 is 28.9 Å². The zero-order valence-electron chi connectivity index (χ0n) is 22.2. The molecule has 0 bridgehead atoms. The van der Waals surface area contributed by atoms with E-state index in [1.807, 2.05) is 0 Å². The third kappa shape index (κ3) is 5.50. The van der Waals surface area contributed by atoms with Crippen molar-refractivity contribution in [2.24, 2.45) is 11.8 Å². The predicted octanol–water partition coefficient (Wildman–Crippen LogP) is 6.40. The smallest absolute Gasteiger partial charge is 0.399 e. The molecule has 0 aromatic carbocycles. The van der Waals surface area contributed by atoms with E-state index in [4.69, 9.17) is 14.2 Å². The number of nitrogens with zero attached hydrogens (tertiary/aromatic N) is 1. The van der Waals surface area contributed by atoms with Crippen LogP contribution in [-0.2, 0) is 24.4 Å². The lowest BCUT2D eigenvalue weighted by molar-refractivity contribution is -0.159. The van der Waals surface area contributed by atoms with Crippen molar-refractivity contribution in [1.82, 2.24) is 0 Å². The Morgan fingerprint density at radius 3 is 2.26 bits per heavy atom. The maximum atomic E-state index is 14.1. The van der Waals surface area contributed by atoms with E-state index < -0.39 is 17.6 Å². The Morgan fingerprint density at radius 1 is 1.03 bits per heavy atom. The number of thiophene rings is 1. The van der Waals surface area contributed by atoms with E-state index in [1.54, 1.807) is 4.90 Å². The van der Waals surface area contributed by atoms with Gasteiger partial charge in [-0.2, -0.15) is 13.2 Å². The number of carbonyl (C=O) groups excluding carboxylic acids is 2. The Bertz CT molecular complexity index is 1000. The first-order valence-corrected chi connectivity index (χ1v) is 14.8. The second-order valence-corrected chi connectivity index (χ2v) is 12.7. The second-order valence-electron chi connectivity index (χ2n) is 11.6. The van der Waals surface area contributed by atoms with Gasteiger partial charge in [0.25, 0.3) is 0 Å². The van der Waals surface area contributed by atoms with Gasteiger partial charge in [0.05, 0.1) is 31.6 Å². The average Bonchev–Trinajstić information content (AvgIpc) is 3.37. The molecule has 4 aliphatic rings. The van der Waals surface area contributed by atoms with Crippen molar-refractivity contribution in [3.63, 3.8) is 0 Å². The minimum absolute atomic E-state index is 0.00114. The molecule has 10 heteroatoms. The van der Waals surface area contributed by atoms with Gasteiger partial charge < -0.3 is 19.1 Å². The minimum Gasteiger partial charge on any atom is -0.465 e. The van der Waals surface area contributed by atoms with Crippen LogP contribution in [0.2, 0.25) is 0 Å². The Morgan fingerprint density at radius 2 is 1.71 bits per heavy atom. The third-order valence-corrected chi connectivity index (χ3v) is 10.3. The summed E-state index contributed by atoms with van der Waals surface area (Å²) in [6, 6.07) is 1.27. The number of anilines is 1. The summed E-state index contributed by atoms with van der Waals surface area (Å²) >= 11 is 0.840. The van der Waals surface area contributed by atoms with Crippen molar-refractivity contribution in [3.05, 3.63) is 15.8 Å². The van der Waals surface area contributed by atoms with Gasteiger partial charge in [-0.15, -0.1) is 11.3 Å². The highest BCUT2D eigenvalue weighted by Crippen LogP contribution is 2.61. The highest BCUT2D eigenvalue weighted by Gasteiger charge is 2.65. The maximum absolute atomic E-state index is 14.1. The summed E-state index contributed by atoms with van der Waals surface area (Å²) in [6.07, 6.45) is 2.90. The van der Waals surface area contributed by atoms with Crippen LogP contribution >= 0.6 is 11.3 Å². The fourth-order valence-electron chi connectivity index (χ4n) is 6.36. The summed E-state index contributed by atoms with van der Waals surface area (Å²) in [5.41, 5.74) is -1.63. The first-order valence-electron chi connectivity index (χ1n) is 14.0. The molecule has 212 valence electrons. The second kappa shape index (κ2) is 11.1. The minimum atomic E-state index is -4.41. The van der Waals surface area contributed by atoms with Crippen molar-refractivity contribution in [3.8, 4) is 0 Å². The van der Waals surface area contributed by atoms with Crippen molar-refractivity contribution in [2.75, 3.05) is 25.2 Å². The Labute approximate surface area is 226 Å². The molecule has 4 fully saturated rings. The number of alkyl halides is 3. The quantitative estimate of drug-likeness (QED) is 0.363. The molecule has 1 amide bonds. The van der Waals surface area contributed by atoms with Gasteiger partial charge in [0.1, 0.15) is 10.3 Å². The predicted molar refractivity (Wildman–Crippen MR) is 138 cm³/mol. The van der Waals surface area contributed by atoms with Crippen molar-refractivity contribution in [2.45, 2.75) is 107 Å². The Hall–Kier alpha value is -1.65. The van der Waals surface area contributed by atoms with E-state index in [9.17, 15) is 22.8 Å². The molecule has 2 heterocycles. The largest absolute Gasteiger partial charge is 0.465 e. The lowest BCUT2D eigenvalue weighted by atomic mass is 9.81. The van der Waals surface area contributed by atoms with Crippen LogP contribution in [0.5, 0.6) is 0 Å². The van der Waals surface area contributed by atoms with Crippen LogP contribution in [0.1, 0.15) is 92.1 Å². The number of esters is 1. The van der Waals surface area contributed by atoms with E-state index in [2.05, 4.69) is 6.92 Å². The monoisotopic (exact) mass is 557 g/mol. The van der Waals surface area contributed by atoms with E-state index in [-0.39, 0.29) is 52.7 Å². The summed E-state index contributed by atoms with van der Waals surface area (Å²) < 4.78 is 58.8. The summed E-state index contributed by atoms with van der Waals surface area (Å²) in [7, 11) is 1.23. The summed E-state index contributed by atoms with van der Waals surface area (Å²) in [5, 5.41) is 0. The molecule has 1 unspecified atom stereocenters. The topological polar surface area (TPSA) is 65.1 Å². The average molecular weight is 558 g/mol. The van der Waals surface area contributed by atoms with Crippen LogP contribution in [0.25, 0.3) is 0 Å². The van der Waals surface area contributed by atoms with Crippen LogP contribution in [0.15, 0.2) is 6.07 Å². The molecule has 0 radical (unpaired) electrons. The lowest BCUT2D eigenvalue weighted by Gasteiger charge is -2.40. The number of ether oxygens (including phenoxy) is 3. The molecule has 6 nitrogen and oxygen atoms in total. The molecule has 1 aromatic rings. The lowest BCUT2D eigenvalue weighted by Crippen LogP contribution is -2.47. The molecular formula is C28H38F3NO5S. The van der Waals surface area contributed by atoms with Crippen molar-refractivity contribution < 1.29 is 37.0 Å². The Balaban J connectivity index is 1.45. The molecule has 1 aromatic heterocycles. The number of rotatable bonds is 7. The zero-order chi connectivity index (χ0) is 27.1. The third-order valence-electron chi connectivity index (χ3n) is 8.99. The molecule has 3 saturated carbocycles. The van der Waals surface area contributed by atoms with Crippen molar-refractivity contribution in [1.29, 1.82) is 0 Å². The molecule has 3 aliphatic carbocycles. The van der Waals surface area contributed by atoms with E-state index in [0.717, 1.165) is 56.3 Å². The highest BCUT2D eigenvalue weighted by molar-refractivity contribution is 7.14. The van der Waals surface area contributed by atoms with Crippen LogP contribution in [0.3, 0.4) is 0 Å². The molecule has 0 N–H and O–H groups in total. The molecule has 38 heavy (non-hydrogen) atoms. The van der Waals surface area contributed by atoms with Crippen LogP contribution in [0, 0.1) is 11.8 Å². The Kier molecular flexibility index (Phi) is 8.14. The molecule has 5 rings (SSSR count). The normalized spacial score (nSPS) is 31.1. The molecule has 0 spiro atoms. The standard InChI is InChI=1S/C28H38F3NO5S/c1-17-3-5-18(6-4-17)25(33)32(19-7-9-20(10-8-19)37-21-11-14-36-16-21)22-15-23(38-24(22)26(34)35-2)27(12-13-27)28(29,30)31/h15,17-21H,3-14,16H2,1-2H3/t17-,18-,19-,20+,21?. The van der Waals surface area contributed by atoms with Gasteiger partial charge in [0.2, 0.25) is 5.91 Å². The summed E-state index contributed by atoms with van der Waals surface area (Å²) in [5.74, 6) is -0.402. The number of halogens is 3. The summed E-state index contributed by atoms with van der Waals surface area (Å²) in [6.45, 7) is 3.49. The van der Waals surface area contributed by atoms with E-state index >= 15 is 0 Å². The van der Waals surface area contributed by atoms with Gasteiger partial charge in [-0.05, 0) is 82.6 Å². The number of methoxy groups -OCH3 is 1. The highest BCUT2D eigenvalue weighted by atomic mass is 32.1. The van der Waals surface area contributed by atoms with Gasteiger partial charge in [-0.3, -0.25) is 4.79 Å². The van der Waals surface area contributed by atoms with Gasteiger partial charge in [-0.25, -0.2) is 4.79 Å². The maximum Gasteiger partial charge on any atom is 0.399 e. The fraction of sp³-hybridized carbons (Fsp3) is 0.786. The van der Waals surface area contributed by atoms with Crippen LogP contribution < -0.4 is 4.90 Å².